The van der Waals surface area contributed by atoms with Gasteiger partial charge in [0, 0.05) is 20.3 Å². The number of halogens is 3. The van der Waals surface area contributed by atoms with Crippen molar-refractivity contribution in [2.24, 2.45) is 0 Å². The molecule has 0 aliphatic carbocycles. The molecule has 110 heavy (non-hydrogen) atoms. The Morgan fingerprint density at radius 3 is 1.07 bits per heavy atom. The number of alkyl halides is 3. The van der Waals surface area contributed by atoms with Gasteiger partial charge in [0.1, 0.15) is 61.5 Å². The van der Waals surface area contributed by atoms with Gasteiger partial charge in [0.15, 0.2) is 37.2 Å². The van der Waals surface area contributed by atoms with Crippen molar-refractivity contribution in [2.75, 3.05) is 47.2 Å². The molecule has 3 heterocycles. The van der Waals surface area contributed by atoms with E-state index in [0.29, 0.717) is 25.8 Å². The fraction of sp³-hybridized carbons (Fsp3) is 0.388. The molecule has 0 spiro atoms. The minimum atomic E-state index is -1.74. The molecule has 15 atom stereocenters. The van der Waals surface area contributed by atoms with Crippen LogP contribution in [-0.2, 0) is 125 Å². The molecule has 3 saturated heterocycles. The van der Waals surface area contributed by atoms with Gasteiger partial charge in [0.25, 0.3) is 0 Å². The van der Waals surface area contributed by atoms with E-state index < -0.39 is 133 Å². The molecule has 0 aromatic heterocycles. The number of unbranched alkanes of at least 4 members (excludes halogenated alkanes) is 3. The van der Waals surface area contributed by atoms with E-state index in [1.165, 1.54) is 14.2 Å². The number of amides is 1. The van der Waals surface area contributed by atoms with Gasteiger partial charge in [0.05, 0.1) is 71.1 Å². The zero-order chi connectivity index (χ0) is 76.7. The van der Waals surface area contributed by atoms with E-state index in [0.717, 1.165) is 39.8 Å². The first-order chi connectivity index (χ1) is 53.8. The van der Waals surface area contributed by atoms with Crippen LogP contribution in [0.1, 0.15) is 79.8 Å². The minimum Gasteiger partial charge on any atom is -0.467 e. The van der Waals surface area contributed by atoms with Gasteiger partial charge >= 0.3 is 24.0 Å². The summed E-state index contributed by atoms with van der Waals surface area (Å²) in [4.78, 5) is 55.2. The summed E-state index contributed by atoms with van der Waals surface area (Å²) in [7, 11) is 2.47. The molecular formula is C85H92Cl3NO21. The normalized spacial score (nSPS) is 24.0. The monoisotopic (exact) mass is 1570 g/mol. The molecule has 8 aromatic rings. The van der Waals surface area contributed by atoms with Crippen molar-refractivity contribution in [1.29, 1.82) is 0 Å². The van der Waals surface area contributed by atoms with Crippen LogP contribution in [0.5, 0.6) is 0 Å². The Labute approximate surface area is 655 Å². The lowest BCUT2D eigenvalue weighted by Crippen LogP contribution is -2.65. The van der Waals surface area contributed by atoms with Crippen LogP contribution < -0.4 is 5.32 Å². The molecule has 11 rings (SSSR count). The van der Waals surface area contributed by atoms with Gasteiger partial charge < -0.3 is 85.8 Å². The third-order valence-corrected chi connectivity index (χ3v) is 18.8. The molecule has 8 aromatic carbocycles. The number of alkyl carbamates (subject to hydrolysis) is 1. The Bertz CT molecular complexity index is 3980. The number of hydrogen-bond donors (Lipinski definition) is 1. The summed E-state index contributed by atoms with van der Waals surface area (Å²) in [6.45, 7) is -0.0551. The predicted molar refractivity (Wildman–Crippen MR) is 406 cm³/mol. The third kappa shape index (κ3) is 25.1. The second-order valence-corrected chi connectivity index (χ2v) is 28.9. The fourth-order valence-electron chi connectivity index (χ4n) is 12.9. The number of hydrogen-bond acceptors (Lipinski definition) is 21. The van der Waals surface area contributed by atoms with E-state index >= 15 is 0 Å². The molecule has 25 heteroatoms. The van der Waals surface area contributed by atoms with Crippen molar-refractivity contribution >= 4 is 58.8 Å². The summed E-state index contributed by atoms with van der Waals surface area (Å²) < 4.78 is 112. The molecule has 1 N–H and O–H groups in total. The second-order valence-electron chi connectivity index (χ2n) is 26.3. The van der Waals surface area contributed by atoms with Crippen molar-refractivity contribution < 1.29 is 99.7 Å². The van der Waals surface area contributed by atoms with Crippen molar-refractivity contribution in [3.63, 3.8) is 0 Å². The number of methoxy groups -OCH3 is 2. The van der Waals surface area contributed by atoms with Gasteiger partial charge in [0.2, 0.25) is 3.79 Å². The Morgan fingerprint density at radius 1 is 0.364 bits per heavy atom. The van der Waals surface area contributed by atoms with Crippen molar-refractivity contribution in [3.05, 3.63) is 287 Å². The van der Waals surface area contributed by atoms with E-state index in [1.807, 2.05) is 182 Å². The van der Waals surface area contributed by atoms with Gasteiger partial charge in [-0.3, -0.25) is 0 Å². The number of esters is 3. The average molecular weight is 1570 g/mol. The number of carbonyl (C=O) groups excluding carboxylic acids is 4. The van der Waals surface area contributed by atoms with E-state index in [1.54, 1.807) is 60.7 Å². The second kappa shape index (κ2) is 43.6. The topological polar surface area (TPSA) is 237 Å². The van der Waals surface area contributed by atoms with Crippen molar-refractivity contribution in [2.45, 2.75) is 161 Å². The maximum atomic E-state index is 14.5. The zero-order valence-electron chi connectivity index (χ0n) is 61.1. The van der Waals surface area contributed by atoms with Crippen LogP contribution in [-0.4, -0.2) is 167 Å². The Hall–Kier alpha value is -8.21. The summed E-state index contributed by atoms with van der Waals surface area (Å²) >= 11 is 17.4. The lowest BCUT2D eigenvalue weighted by atomic mass is 9.96. The van der Waals surface area contributed by atoms with Gasteiger partial charge in [-0.05, 0) is 70.5 Å². The van der Waals surface area contributed by atoms with Gasteiger partial charge in [-0.2, -0.15) is 0 Å². The number of ether oxygens (including phenoxy) is 17. The summed E-state index contributed by atoms with van der Waals surface area (Å²) in [5, 5.41) is 2.70. The van der Waals surface area contributed by atoms with Crippen LogP contribution in [0.25, 0.3) is 0 Å². The van der Waals surface area contributed by atoms with Gasteiger partial charge in [-0.1, -0.05) is 266 Å². The molecule has 0 radical (unpaired) electrons. The quantitative estimate of drug-likeness (QED) is 0.0163. The molecule has 584 valence electrons. The molecule has 22 nitrogen and oxygen atoms in total. The highest BCUT2D eigenvalue weighted by atomic mass is 35.6. The van der Waals surface area contributed by atoms with Crippen LogP contribution in [0.4, 0.5) is 4.79 Å². The Balaban J connectivity index is 0.968. The molecule has 0 bridgehead atoms. The lowest BCUT2D eigenvalue weighted by molar-refractivity contribution is -0.358. The Morgan fingerprint density at radius 2 is 0.700 bits per heavy atom. The van der Waals surface area contributed by atoms with E-state index in [-0.39, 0.29) is 64.0 Å². The standard InChI is InChI=1S/C85H92Cl3NO21/c1-94-70-73(108-78(90)64-43-25-11-26-44-64)77(109-79(91)65-45-27-12-28-46-65)83(110-74(70)80(92)95-2)104-56-67-69(98-50-59-33-15-6-16-34-59)72(100-52-61-37-19-8-20-38-61)76(102-54-63-41-23-10-24-42-63)82(107-67)103-55-66-68(97-49-58-31-13-5-14-32-58)71(99-51-60-35-17-7-18-36-60)75(101-53-62-39-21-9-22-40-62)81(106-66)96-48-30-4-3-29-47-89-84(93)105-57-85(86,87)88/h5-28,31-46,66-77,81-83H,3-4,29-30,47-57H2,1-2H3,(H,89,93)/t66-,67-,68+,69+,70+,71+,72+,73+,74+,75-,76-,77-,81-,82-,83-/m1/s1. The number of carbonyl (C=O) groups is 4. The lowest BCUT2D eigenvalue weighted by Gasteiger charge is -2.48. The molecule has 1 amide bonds. The predicted octanol–water partition coefficient (Wildman–Crippen LogP) is 14.0. The highest BCUT2D eigenvalue weighted by Gasteiger charge is 2.57. The molecule has 3 aliphatic heterocycles. The zero-order valence-corrected chi connectivity index (χ0v) is 63.3. The highest BCUT2D eigenvalue weighted by Crippen LogP contribution is 2.38. The summed E-state index contributed by atoms with van der Waals surface area (Å²) in [6, 6.07) is 74.4. The summed E-state index contributed by atoms with van der Waals surface area (Å²) in [6.07, 6.45) is -16.8. The van der Waals surface area contributed by atoms with E-state index in [4.69, 9.17) is 115 Å². The number of benzene rings is 8. The molecule has 0 unspecified atom stereocenters. The molecule has 0 saturated carbocycles. The molecule has 3 aliphatic rings. The number of rotatable bonds is 39. The highest BCUT2D eigenvalue weighted by molar-refractivity contribution is 6.67. The van der Waals surface area contributed by atoms with Crippen LogP contribution in [0, 0.1) is 0 Å². The minimum absolute atomic E-state index is 0.0339. The fourth-order valence-corrected chi connectivity index (χ4v) is 13.0. The summed E-state index contributed by atoms with van der Waals surface area (Å²) in [5.41, 5.74) is 5.39. The maximum Gasteiger partial charge on any atom is 0.407 e. The van der Waals surface area contributed by atoms with Crippen LogP contribution in [0.2, 0.25) is 0 Å². The van der Waals surface area contributed by atoms with Crippen LogP contribution >= 0.6 is 34.8 Å². The molecular weight excluding hydrogens is 1480 g/mol. The first-order valence-corrected chi connectivity index (χ1v) is 37.7. The first kappa shape index (κ1) is 82.7. The van der Waals surface area contributed by atoms with E-state index in [2.05, 4.69) is 5.32 Å². The van der Waals surface area contributed by atoms with Crippen molar-refractivity contribution in [3.8, 4) is 0 Å². The molecule has 3 fully saturated rings. The van der Waals surface area contributed by atoms with Gasteiger partial charge in [-0.15, -0.1) is 0 Å². The van der Waals surface area contributed by atoms with Crippen molar-refractivity contribution in [1.82, 2.24) is 5.32 Å². The third-order valence-electron chi connectivity index (χ3n) is 18.4. The SMILES string of the molecule is COC(=O)[C@H]1O[C@@H](OC[C@H]2O[C@@H](OC[C@H]3O[C@@H](OCCCCCCNC(=O)OCC(Cl)(Cl)Cl)[C@H](OCc4ccccc4)[C@@H](OCc4ccccc4)[C@H]3OCc3ccccc3)[C@H](OCc3ccccc3)[C@@H](OCc3ccccc3)[C@H]2OCc2ccccc2)[C@H](OC(=O)c2ccccc2)[C@@H](OC(=O)c2ccccc2)[C@@H]1OC. The Kier molecular flexibility index (Phi) is 32.8. The smallest absolute Gasteiger partial charge is 0.407 e. The average Bonchev–Trinajstić information content (AvgIpc) is 0.776. The van der Waals surface area contributed by atoms with E-state index in [9.17, 15) is 19.2 Å². The van der Waals surface area contributed by atoms with Crippen LogP contribution in [0.3, 0.4) is 0 Å². The van der Waals surface area contributed by atoms with Crippen LogP contribution in [0.15, 0.2) is 243 Å². The first-order valence-electron chi connectivity index (χ1n) is 36.6. The number of nitrogens with one attached hydrogen (secondary N) is 1. The van der Waals surface area contributed by atoms with Gasteiger partial charge in [-0.25, -0.2) is 19.2 Å². The maximum absolute atomic E-state index is 14.5. The summed E-state index contributed by atoms with van der Waals surface area (Å²) in [5.74, 6) is -2.58. The largest absolute Gasteiger partial charge is 0.467 e.